The van der Waals surface area contributed by atoms with Gasteiger partial charge in [-0.2, -0.15) is 5.26 Å². The highest BCUT2D eigenvalue weighted by molar-refractivity contribution is 6.30. The van der Waals surface area contributed by atoms with Gasteiger partial charge in [0.2, 0.25) is 0 Å². The minimum absolute atomic E-state index is 0.292. The molecular formula is C21H19ClN4. The Morgan fingerprint density at radius 3 is 2.92 bits per heavy atom. The van der Waals surface area contributed by atoms with Crippen molar-refractivity contribution in [2.75, 3.05) is 24.5 Å². The van der Waals surface area contributed by atoms with E-state index < -0.39 is 0 Å². The van der Waals surface area contributed by atoms with Crippen molar-refractivity contribution >= 4 is 17.4 Å². The monoisotopic (exact) mass is 362 g/mol. The van der Waals surface area contributed by atoms with Crippen LogP contribution in [0.1, 0.15) is 24.0 Å². The molecule has 4 rings (SSSR count). The lowest BCUT2D eigenvalue weighted by atomic mass is 10.1. The maximum atomic E-state index is 9.32. The number of nitriles is 1. The van der Waals surface area contributed by atoms with Gasteiger partial charge in [-0.05, 0) is 43.2 Å². The normalized spacial score (nSPS) is 22.2. The van der Waals surface area contributed by atoms with Crippen molar-refractivity contribution in [3.63, 3.8) is 0 Å². The molecule has 5 heteroatoms. The molecule has 2 aromatic rings. The number of pyridine rings is 1. The third-order valence-corrected chi connectivity index (χ3v) is 5.35. The van der Waals surface area contributed by atoms with Crippen LogP contribution in [-0.4, -0.2) is 41.6 Å². The highest BCUT2D eigenvalue weighted by Gasteiger charge is 2.37. The van der Waals surface area contributed by atoms with Crippen LogP contribution in [0.25, 0.3) is 0 Å². The molecule has 0 N–H and O–H groups in total. The Balaban J connectivity index is 1.47. The zero-order chi connectivity index (χ0) is 17.9. The number of hydrogen-bond acceptors (Lipinski definition) is 4. The second-order valence-electron chi connectivity index (χ2n) is 6.70. The summed E-state index contributed by atoms with van der Waals surface area (Å²) >= 11 is 6.04. The van der Waals surface area contributed by atoms with E-state index in [1.54, 1.807) is 6.20 Å². The number of nitrogens with zero attached hydrogens (tertiary/aromatic N) is 4. The number of rotatable bonds is 1. The number of anilines is 1. The number of halogens is 1. The SMILES string of the molecule is N#Cc1cccnc1N1CCN2[C@@H](CC[C@@H]2C#Cc2cccc(Cl)c2)C1. The van der Waals surface area contributed by atoms with E-state index in [-0.39, 0.29) is 0 Å². The topological polar surface area (TPSA) is 43.2 Å². The lowest BCUT2D eigenvalue weighted by Crippen LogP contribution is -2.52. The second-order valence-corrected chi connectivity index (χ2v) is 7.13. The van der Waals surface area contributed by atoms with Crippen LogP contribution in [0.2, 0.25) is 5.02 Å². The second kappa shape index (κ2) is 7.38. The van der Waals surface area contributed by atoms with E-state index in [0.29, 0.717) is 17.6 Å². The van der Waals surface area contributed by atoms with E-state index in [1.165, 1.54) is 0 Å². The summed E-state index contributed by atoms with van der Waals surface area (Å²) < 4.78 is 0. The Morgan fingerprint density at radius 2 is 2.08 bits per heavy atom. The molecule has 0 spiro atoms. The Morgan fingerprint density at radius 1 is 1.15 bits per heavy atom. The van der Waals surface area contributed by atoms with Crippen molar-refractivity contribution in [3.05, 3.63) is 58.7 Å². The molecule has 0 aliphatic carbocycles. The van der Waals surface area contributed by atoms with Crippen LogP contribution >= 0.6 is 11.6 Å². The van der Waals surface area contributed by atoms with Gasteiger partial charge in [-0.3, -0.25) is 4.90 Å². The summed E-state index contributed by atoms with van der Waals surface area (Å²) in [6.45, 7) is 2.72. The van der Waals surface area contributed by atoms with E-state index in [4.69, 9.17) is 11.6 Å². The zero-order valence-corrected chi connectivity index (χ0v) is 15.2. The predicted octanol–water partition coefficient (Wildman–Crippen LogP) is 3.31. The predicted molar refractivity (Wildman–Crippen MR) is 103 cm³/mol. The first kappa shape index (κ1) is 16.9. The van der Waals surface area contributed by atoms with Gasteiger partial charge in [0.1, 0.15) is 11.9 Å². The van der Waals surface area contributed by atoms with Crippen molar-refractivity contribution in [2.24, 2.45) is 0 Å². The summed E-state index contributed by atoms with van der Waals surface area (Å²) in [5.74, 6) is 7.52. The van der Waals surface area contributed by atoms with Crippen LogP contribution in [0, 0.1) is 23.2 Å². The summed E-state index contributed by atoms with van der Waals surface area (Å²) in [5.41, 5.74) is 1.61. The number of piperazine rings is 1. The minimum Gasteiger partial charge on any atom is -0.353 e. The first-order chi connectivity index (χ1) is 12.7. The summed E-state index contributed by atoms with van der Waals surface area (Å²) in [5, 5.41) is 10.0. The maximum Gasteiger partial charge on any atom is 0.146 e. The molecule has 1 aromatic carbocycles. The Bertz CT molecular complexity index is 908. The quantitative estimate of drug-likeness (QED) is 0.730. The number of fused-ring (bicyclic) bond motifs is 1. The average Bonchev–Trinajstić information content (AvgIpc) is 3.08. The molecule has 2 atom stereocenters. The first-order valence-corrected chi connectivity index (χ1v) is 9.25. The molecule has 26 heavy (non-hydrogen) atoms. The van der Waals surface area contributed by atoms with Gasteiger partial charge in [0.05, 0.1) is 11.6 Å². The molecule has 2 saturated heterocycles. The molecule has 0 amide bonds. The molecule has 2 aliphatic heterocycles. The minimum atomic E-state index is 0.292. The fraction of sp³-hybridized carbons (Fsp3) is 0.333. The van der Waals surface area contributed by atoms with Crippen molar-refractivity contribution in [1.29, 1.82) is 5.26 Å². The summed E-state index contributed by atoms with van der Waals surface area (Å²) in [6.07, 6.45) is 3.97. The van der Waals surface area contributed by atoms with Crippen molar-refractivity contribution < 1.29 is 0 Å². The smallest absolute Gasteiger partial charge is 0.146 e. The molecule has 0 unspecified atom stereocenters. The van der Waals surface area contributed by atoms with Crippen molar-refractivity contribution in [3.8, 4) is 17.9 Å². The molecule has 3 heterocycles. The van der Waals surface area contributed by atoms with E-state index in [9.17, 15) is 5.26 Å². The van der Waals surface area contributed by atoms with Gasteiger partial charge in [0.25, 0.3) is 0 Å². The number of benzene rings is 1. The van der Waals surface area contributed by atoms with Crippen molar-refractivity contribution in [2.45, 2.75) is 24.9 Å². The van der Waals surface area contributed by atoms with Crippen LogP contribution in [0.15, 0.2) is 42.6 Å². The van der Waals surface area contributed by atoms with Crippen LogP contribution in [0.5, 0.6) is 0 Å². The highest BCUT2D eigenvalue weighted by Crippen LogP contribution is 2.29. The molecule has 0 saturated carbocycles. The molecular weight excluding hydrogens is 344 g/mol. The molecule has 130 valence electrons. The number of aromatic nitrogens is 1. The summed E-state index contributed by atoms with van der Waals surface area (Å²) in [7, 11) is 0. The lowest BCUT2D eigenvalue weighted by Gasteiger charge is -2.39. The van der Waals surface area contributed by atoms with Gasteiger partial charge < -0.3 is 4.90 Å². The number of hydrogen-bond donors (Lipinski definition) is 0. The molecule has 1 aromatic heterocycles. The molecule has 4 nitrogen and oxygen atoms in total. The Labute approximate surface area is 159 Å². The summed E-state index contributed by atoms with van der Waals surface area (Å²) in [6, 6.07) is 14.4. The van der Waals surface area contributed by atoms with Crippen LogP contribution in [-0.2, 0) is 0 Å². The van der Waals surface area contributed by atoms with Crippen LogP contribution in [0.4, 0.5) is 5.82 Å². The third kappa shape index (κ3) is 3.40. The fourth-order valence-electron chi connectivity index (χ4n) is 3.87. The lowest BCUT2D eigenvalue weighted by molar-refractivity contribution is 0.202. The Kier molecular flexibility index (Phi) is 4.80. The summed E-state index contributed by atoms with van der Waals surface area (Å²) in [4.78, 5) is 9.18. The van der Waals surface area contributed by atoms with Gasteiger partial charge >= 0.3 is 0 Å². The first-order valence-electron chi connectivity index (χ1n) is 8.87. The molecule has 2 fully saturated rings. The van der Waals surface area contributed by atoms with Gasteiger partial charge in [-0.15, -0.1) is 0 Å². The average molecular weight is 363 g/mol. The van der Waals surface area contributed by atoms with Gasteiger partial charge in [0.15, 0.2) is 0 Å². The molecule has 0 radical (unpaired) electrons. The van der Waals surface area contributed by atoms with Gasteiger partial charge in [0, 0.05) is 42.5 Å². The third-order valence-electron chi connectivity index (χ3n) is 5.12. The molecule has 0 bridgehead atoms. The maximum absolute atomic E-state index is 9.32. The van der Waals surface area contributed by atoms with Crippen LogP contribution in [0.3, 0.4) is 0 Å². The standard InChI is InChI=1S/C21H19ClN4/c22-18-5-1-3-16(13-18)6-7-19-8-9-20-15-25(11-12-26(19)20)21-17(14-23)4-2-10-24-21/h1-5,10,13,19-20H,8-9,11-12,15H2/t19-,20-/m0/s1. The Hall–Kier alpha value is -2.53. The van der Waals surface area contributed by atoms with Gasteiger partial charge in [-0.1, -0.05) is 29.5 Å². The van der Waals surface area contributed by atoms with Crippen LogP contribution < -0.4 is 4.90 Å². The van der Waals surface area contributed by atoms with Gasteiger partial charge in [-0.25, -0.2) is 4.98 Å². The van der Waals surface area contributed by atoms with E-state index in [2.05, 4.69) is 32.7 Å². The van der Waals surface area contributed by atoms with E-state index >= 15 is 0 Å². The van der Waals surface area contributed by atoms with E-state index in [1.807, 2.05) is 36.4 Å². The highest BCUT2D eigenvalue weighted by atomic mass is 35.5. The van der Waals surface area contributed by atoms with Crippen molar-refractivity contribution in [1.82, 2.24) is 9.88 Å². The molecule has 2 aliphatic rings. The largest absolute Gasteiger partial charge is 0.353 e. The zero-order valence-electron chi connectivity index (χ0n) is 14.4. The van der Waals surface area contributed by atoms with E-state index in [0.717, 1.165) is 48.9 Å². The fourth-order valence-corrected chi connectivity index (χ4v) is 4.06.